The van der Waals surface area contributed by atoms with Gasteiger partial charge in [-0.3, -0.25) is 14.0 Å². The van der Waals surface area contributed by atoms with Crippen molar-refractivity contribution in [3.63, 3.8) is 0 Å². The highest BCUT2D eigenvalue weighted by Gasteiger charge is 2.21. The molecule has 3 aromatic rings. The lowest BCUT2D eigenvalue weighted by atomic mass is 10.1. The molecule has 0 aliphatic rings. The Hall–Kier alpha value is -3.19. The van der Waals surface area contributed by atoms with Crippen molar-refractivity contribution in [2.75, 3.05) is 33.7 Å². The summed E-state index contributed by atoms with van der Waals surface area (Å²) in [4.78, 5) is 31.6. The van der Waals surface area contributed by atoms with E-state index in [9.17, 15) is 9.59 Å². The summed E-state index contributed by atoms with van der Waals surface area (Å²) in [5, 5.41) is 5.77. The van der Waals surface area contributed by atoms with E-state index in [-0.39, 0.29) is 23.3 Å². The van der Waals surface area contributed by atoms with Crippen LogP contribution in [0.15, 0.2) is 54.7 Å². The van der Waals surface area contributed by atoms with Crippen molar-refractivity contribution >= 4 is 17.3 Å². The highest BCUT2D eigenvalue weighted by Crippen LogP contribution is 2.13. The molecule has 0 fully saturated rings. The van der Waals surface area contributed by atoms with Crippen LogP contribution >= 0.6 is 0 Å². The summed E-state index contributed by atoms with van der Waals surface area (Å²) in [6.07, 6.45) is 3.47. The van der Waals surface area contributed by atoms with Crippen molar-refractivity contribution < 1.29 is 9.59 Å². The van der Waals surface area contributed by atoms with Gasteiger partial charge in [0.25, 0.3) is 11.8 Å². The normalized spacial score (nSPS) is 11.0. The predicted molar refractivity (Wildman–Crippen MR) is 113 cm³/mol. The molecule has 2 N–H and O–H groups in total. The van der Waals surface area contributed by atoms with Gasteiger partial charge in [-0.2, -0.15) is 0 Å². The molecule has 152 valence electrons. The number of imidazole rings is 1. The van der Waals surface area contributed by atoms with Gasteiger partial charge in [0, 0.05) is 25.8 Å². The van der Waals surface area contributed by atoms with Crippen molar-refractivity contribution in [1.29, 1.82) is 0 Å². The summed E-state index contributed by atoms with van der Waals surface area (Å²) in [5.74, 6) is -0.348. The Balaban J connectivity index is 1.65. The zero-order chi connectivity index (χ0) is 20.6. The fourth-order valence-electron chi connectivity index (χ4n) is 3.06. The number of amides is 2. The highest BCUT2D eigenvalue weighted by atomic mass is 16.2. The van der Waals surface area contributed by atoms with Crippen molar-refractivity contribution in [2.24, 2.45) is 0 Å². The predicted octanol–water partition coefficient (Wildman–Crippen LogP) is 1.99. The third kappa shape index (κ3) is 5.42. The van der Waals surface area contributed by atoms with Crippen LogP contribution in [0.3, 0.4) is 0 Å². The summed E-state index contributed by atoms with van der Waals surface area (Å²) in [6.45, 7) is 1.78. The fourth-order valence-corrected chi connectivity index (χ4v) is 3.06. The lowest BCUT2D eigenvalue weighted by Gasteiger charge is -2.09. The van der Waals surface area contributed by atoms with Crippen LogP contribution in [0, 0.1) is 0 Å². The van der Waals surface area contributed by atoms with Crippen molar-refractivity contribution in [3.8, 4) is 0 Å². The molecule has 2 heterocycles. The Morgan fingerprint density at radius 2 is 1.69 bits per heavy atom. The van der Waals surface area contributed by atoms with Gasteiger partial charge in [0.05, 0.1) is 5.52 Å². The summed E-state index contributed by atoms with van der Waals surface area (Å²) in [5.41, 5.74) is 2.12. The summed E-state index contributed by atoms with van der Waals surface area (Å²) in [6, 6.07) is 15.6. The van der Waals surface area contributed by atoms with Crippen molar-refractivity contribution in [2.45, 2.75) is 12.8 Å². The van der Waals surface area contributed by atoms with Gasteiger partial charge in [-0.05, 0) is 44.6 Å². The molecule has 3 rings (SSSR count). The average molecular weight is 393 g/mol. The first kappa shape index (κ1) is 20.5. The number of aromatic nitrogens is 2. The highest BCUT2D eigenvalue weighted by molar-refractivity contribution is 6.02. The smallest absolute Gasteiger partial charge is 0.287 e. The number of carbonyl (C=O) groups is 2. The lowest BCUT2D eigenvalue weighted by molar-refractivity contribution is 0.0940. The van der Waals surface area contributed by atoms with Crippen LogP contribution in [0.25, 0.3) is 5.52 Å². The largest absolute Gasteiger partial charge is 0.351 e. The van der Waals surface area contributed by atoms with Crippen LogP contribution in [0.2, 0.25) is 0 Å². The topological polar surface area (TPSA) is 78.7 Å². The number of nitrogens with one attached hydrogen (secondary N) is 2. The zero-order valence-electron chi connectivity index (χ0n) is 16.9. The summed E-state index contributed by atoms with van der Waals surface area (Å²) < 4.78 is 1.66. The standard InChI is InChI=1S/C22H27N5O2/c1-26(2)16-14-24-22(29)20-25-19(18-12-6-7-15-27(18)20)21(28)23-13-8-11-17-9-4-3-5-10-17/h3-7,9-10,12,15H,8,11,13-14,16H2,1-2H3,(H,23,28)(H,24,29). The van der Waals surface area contributed by atoms with Crippen LogP contribution in [0.1, 0.15) is 33.1 Å². The molecule has 0 saturated heterocycles. The van der Waals surface area contributed by atoms with Gasteiger partial charge in [-0.15, -0.1) is 0 Å². The number of likely N-dealkylation sites (N-methyl/N-ethyl adjacent to an activating group) is 1. The van der Waals surface area contributed by atoms with Crippen LogP contribution in [-0.4, -0.2) is 59.8 Å². The maximum atomic E-state index is 12.7. The first-order valence-corrected chi connectivity index (χ1v) is 9.78. The molecule has 2 amide bonds. The molecule has 0 aliphatic heterocycles. The van der Waals surface area contributed by atoms with E-state index in [0.717, 1.165) is 19.4 Å². The fraction of sp³-hybridized carbons (Fsp3) is 0.318. The number of fused-ring (bicyclic) bond motifs is 1. The van der Waals surface area contributed by atoms with Crippen molar-refractivity contribution in [3.05, 3.63) is 71.8 Å². The van der Waals surface area contributed by atoms with Crippen LogP contribution in [-0.2, 0) is 6.42 Å². The third-order valence-electron chi connectivity index (χ3n) is 4.58. The number of pyridine rings is 1. The van der Waals surface area contributed by atoms with E-state index >= 15 is 0 Å². The van der Waals surface area contributed by atoms with E-state index in [0.29, 0.717) is 18.6 Å². The Bertz CT molecular complexity index is 966. The molecule has 0 saturated carbocycles. The molecule has 0 bridgehead atoms. The first-order valence-electron chi connectivity index (χ1n) is 9.78. The number of hydrogen-bond donors (Lipinski definition) is 2. The van der Waals surface area contributed by atoms with Crippen LogP contribution in [0.4, 0.5) is 0 Å². The molecule has 0 unspecified atom stereocenters. The lowest BCUT2D eigenvalue weighted by Crippen LogP contribution is -2.32. The number of benzene rings is 1. The summed E-state index contributed by atoms with van der Waals surface area (Å²) in [7, 11) is 3.88. The second kappa shape index (κ2) is 9.84. The van der Waals surface area contributed by atoms with E-state index < -0.39 is 0 Å². The molecular formula is C22H27N5O2. The Kier molecular flexibility index (Phi) is 6.97. The van der Waals surface area contributed by atoms with Gasteiger partial charge >= 0.3 is 0 Å². The quantitative estimate of drug-likeness (QED) is 0.545. The maximum Gasteiger partial charge on any atom is 0.287 e. The zero-order valence-corrected chi connectivity index (χ0v) is 16.9. The minimum Gasteiger partial charge on any atom is -0.351 e. The molecule has 1 aromatic carbocycles. The molecule has 0 atom stereocenters. The molecule has 29 heavy (non-hydrogen) atoms. The van der Waals surface area contributed by atoms with E-state index in [4.69, 9.17) is 0 Å². The number of rotatable bonds is 9. The molecule has 0 radical (unpaired) electrons. The van der Waals surface area contributed by atoms with Gasteiger partial charge in [0.2, 0.25) is 5.82 Å². The van der Waals surface area contributed by atoms with Crippen molar-refractivity contribution in [1.82, 2.24) is 24.9 Å². The number of nitrogens with zero attached hydrogens (tertiary/aromatic N) is 3. The molecule has 0 aliphatic carbocycles. The number of hydrogen-bond acceptors (Lipinski definition) is 4. The van der Waals surface area contributed by atoms with Gasteiger partial charge in [0.1, 0.15) is 0 Å². The van der Waals surface area contributed by atoms with E-state index in [1.54, 1.807) is 16.7 Å². The second-order valence-electron chi connectivity index (χ2n) is 7.14. The average Bonchev–Trinajstić information content (AvgIpc) is 3.11. The monoisotopic (exact) mass is 393 g/mol. The van der Waals surface area contributed by atoms with Crippen LogP contribution in [0.5, 0.6) is 0 Å². The van der Waals surface area contributed by atoms with E-state index in [1.165, 1.54) is 5.56 Å². The van der Waals surface area contributed by atoms with Gasteiger partial charge < -0.3 is 15.5 Å². The summed E-state index contributed by atoms with van der Waals surface area (Å²) >= 11 is 0. The van der Waals surface area contributed by atoms with E-state index in [1.807, 2.05) is 49.3 Å². The molecular weight excluding hydrogens is 366 g/mol. The minimum absolute atomic E-state index is 0.216. The van der Waals surface area contributed by atoms with Gasteiger partial charge in [0.15, 0.2) is 5.69 Å². The Morgan fingerprint density at radius 3 is 2.45 bits per heavy atom. The third-order valence-corrected chi connectivity index (χ3v) is 4.58. The van der Waals surface area contributed by atoms with E-state index in [2.05, 4.69) is 27.8 Å². The van der Waals surface area contributed by atoms with Crippen LogP contribution < -0.4 is 10.6 Å². The maximum absolute atomic E-state index is 12.7. The molecule has 7 heteroatoms. The van der Waals surface area contributed by atoms with Gasteiger partial charge in [-0.1, -0.05) is 36.4 Å². The number of carbonyl (C=O) groups excluding carboxylic acids is 2. The van der Waals surface area contributed by atoms with Gasteiger partial charge in [-0.25, -0.2) is 4.98 Å². The Labute approximate surface area is 170 Å². The Morgan fingerprint density at radius 1 is 0.966 bits per heavy atom. The molecule has 0 spiro atoms. The molecule has 7 nitrogen and oxygen atoms in total. The molecule has 2 aromatic heterocycles. The number of aryl methyl sites for hydroxylation is 1. The second-order valence-corrected chi connectivity index (χ2v) is 7.14. The minimum atomic E-state index is -0.295. The SMILES string of the molecule is CN(C)CCNC(=O)c1nc(C(=O)NCCCc2ccccc2)c2ccccn12. The first-order chi connectivity index (χ1) is 14.1.